The molecule has 0 atom stereocenters. The van der Waals surface area contributed by atoms with Crippen LogP contribution in [0.2, 0.25) is 0 Å². The maximum atomic E-state index is 3.35. The van der Waals surface area contributed by atoms with Crippen LogP contribution in [0.1, 0.15) is 19.4 Å². The molecule has 0 aliphatic heterocycles. The van der Waals surface area contributed by atoms with Gasteiger partial charge in [-0.1, -0.05) is 61.0 Å². The third-order valence-corrected chi connectivity index (χ3v) is 2.88. The quantitative estimate of drug-likeness (QED) is 0.833. The summed E-state index contributed by atoms with van der Waals surface area (Å²) < 4.78 is 0. The number of benzene rings is 2. The minimum atomic E-state index is 0.958. The zero-order chi connectivity index (χ0) is 12.1. The lowest BCUT2D eigenvalue weighted by molar-refractivity contribution is 0.779. The monoisotopic (exact) mass is 225 g/mol. The Bertz CT molecular complexity index is 521. The van der Waals surface area contributed by atoms with Crippen molar-refractivity contribution in [3.8, 4) is 0 Å². The van der Waals surface area contributed by atoms with Gasteiger partial charge in [0.2, 0.25) is 0 Å². The van der Waals surface area contributed by atoms with E-state index in [2.05, 4.69) is 67.7 Å². The molecule has 0 amide bonds. The van der Waals surface area contributed by atoms with Gasteiger partial charge < -0.3 is 5.32 Å². The second kappa shape index (κ2) is 5.65. The zero-order valence-electron chi connectivity index (χ0n) is 10.5. The SMILES string of the molecule is CCNCC(C)=Cc1cccc2ccccc12. The Morgan fingerprint density at radius 3 is 2.71 bits per heavy atom. The molecule has 0 aliphatic rings. The second-order valence-corrected chi connectivity index (χ2v) is 4.34. The van der Waals surface area contributed by atoms with Gasteiger partial charge in [0.05, 0.1) is 0 Å². The van der Waals surface area contributed by atoms with E-state index in [4.69, 9.17) is 0 Å². The number of rotatable bonds is 4. The molecule has 0 saturated carbocycles. The molecule has 0 radical (unpaired) electrons. The number of nitrogens with one attached hydrogen (secondary N) is 1. The third-order valence-electron chi connectivity index (χ3n) is 2.88. The Morgan fingerprint density at radius 1 is 1.12 bits per heavy atom. The maximum Gasteiger partial charge on any atom is 0.0165 e. The molecule has 1 N–H and O–H groups in total. The van der Waals surface area contributed by atoms with Crippen molar-refractivity contribution in [2.24, 2.45) is 0 Å². The first-order valence-electron chi connectivity index (χ1n) is 6.17. The van der Waals surface area contributed by atoms with Crippen LogP contribution in [0.3, 0.4) is 0 Å². The van der Waals surface area contributed by atoms with Gasteiger partial charge in [0.15, 0.2) is 0 Å². The molecular weight excluding hydrogens is 206 g/mol. The molecule has 0 unspecified atom stereocenters. The number of hydrogen-bond donors (Lipinski definition) is 1. The Morgan fingerprint density at radius 2 is 1.88 bits per heavy atom. The fraction of sp³-hybridized carbons (Fsp3) is 0.250. The van der Waals surface area contributed by atoms with Gasteiger partial charge in [-0.2, -0.15) is 0 Å². The van der Waals surface area contributed by atoms with E-state index in [1.54, 1.807) is 0 Å². The highest BCUT2D eigenvalue weighted by molar-refractivity contribution is 5.90. The Kier molecular flexibility index (Phi) is 3.94. The topological polar surface area (TPSA) is 12.0 Å². The molecule has 2 aromatic rings. The summed E-state index contributed by atoms with van der Waals surface area (Å²) in [5, 5.41) is 5.98. The van der Waals surface area contributed by atoms with Gasteiger partial charge in [-0.3, -0.25) is 0 Å². The number of fused-ring (bicyclic) bond motifs is 1. The summed E-state index contributed by atoms with van der Waals surface area (Å²) >= 11 is 0. The molecule has 0 heterocycles. The van der Waals surface area contributed by atoms with Crippen molar-refractivity contribution in [2.45, 2.75) is 13.8 Å². The molecule has 0 spiro atoms. The van der Waals surface area contributed by atoms with Crippen molar-refractivity contribution >= 4 is 16.8 Å². The lowest BCUT2D eigenvalue weighted by Crippen LogP contribution is -2.14. The lowest BCUT2D eigenvalue weighted by atomic mass is 10.0. The number of likely N-dealkylation sites (N-methyl/N-ethyl adjacent to an activating group) is 1. The zero-order valence-corrected chi connectivity index (χ0v) is 10.5. The third kappa shape index (κ3) is 2.95. The summed E-state index contributed by atoms with van der Waals surface area (Å²) in [5.74, 6) is 0. The highest BCUT2D eigenvalue weighted by atomic mass is 14.8. The number of hydrogen-bond acceptors (Lipinski definition) is 1. The van der Waals surface area contributed by atoms with Crippen LogP contribution in [0.5, 0.6) is 0 Å². The van der Waals surface area contributed by atoms with E-state index in [-0.39, 0.29) is 0 Å². The fourth-order valence-corrected chi connectivity index (χ4v) is 2.01. The molecular formula is C16H19N. The Balaban J connectivity index is 2.35. The van der Waals surface area contributed by atoms with Crippen molar-refractivity contribution in [3.63, 3.8) is 0 Å². The van der Waals surface area contributed by atoms with E-state index < -0.39 is 0 Å². The minimum Gasteiger partial charge on any atom is -0.313 e. The summed E-state index contributed by atoms with van der Waals surface area (Å²) in [4.78, 5) is 0. The van der Waals surface area contributed by atoms with E-state index in [9.17, 15) is 0 Å². The molecule has 0 aliphatic carbocycles. The van der Waals surface area contributed by atoms with E-state index in [1.807, 2.05) is 0 Å². The van der Waals surface area contributed by atoms with E-state index in [1.165, 1.54) is 21.9 Å². The fourth-order valence-electron chi connectivity index (χ4n) is 2.01. The molecule has 2 rings (SSSR count). The highest BCUT2D eigenvalue weighted by Crippen LogP contribution is 2.20. The second-order valence-electron chi connectivity index (χ2n) is 4.34. The summed E-state index contributed by atoms with van der Waals surface area (Å²) in [6.45, 7) is 6.27. The lowest BCUT2D eigenvalue weighted by Gasteiger charge is -2.05. The summed E-state index contributed by atoms with van der Waals surface area (Å²) in [7, 11) is 0. The van der Waals surface area contributed by atoms with Crippen LogP contribution in [0.4, 0.5) is 0 Å². The summed E-state index contributed by atoms with van der Waals surface area (Å²) in [5.41, 5.74) is 2.67. The summed E-state index contributed by atoms with van der Waals surface area (Å²) in [6.07, 6.45) is 2.27. The Labute approximate surface area is 103 Å². The van der Waals surface area contributed by atoms with Crippen LogP contribution in [0, 0.1) is 0 Å². The van der Waals surface area contributed by atoms with E-state index in [0.29, 0.717) is 0 Å². The van der Waals surface area contributed by atoms with Crippen LogP contribution in [-0.2, 0) is 0 Å². The molecule has 0 bridgehead atoms. The van der Waals surface area contributed by atoms with Gasteiger partial charge in [0, 0.05) is 6.54 Å². The average Bonchev–Trinajstić information content (AvgIpc) is 2.37. The van der Waals surface area contributed by atoms with Crippen molar-refractivity contribution in [1.82, 2.24) is 5.32 Å². The molecule has 0 fully saturated rings. The van der Waals surface area contributed by atoms with Crippen LogP contribution in [-0.4, -0.2) is 13.1 Å². The maximum absolute atomic E-state index is 3.35. The molecule has 1 heteroatoms. The molecule has 17 heavy (non-hydrogen) atoms. The predicted molar refractivity (Wildman–Crippen MR) is 76.1 cm³/mol. The van der Waals surface area contributed by atoms with Gasteiger partial charge in [-0.15, -0.1) is 0 Å². The molecule has 0 aromatic heterocycles. The van der Waals surface area contributed by atoms with Gasteiger partial charge in [0.25, 0.3) is 0 Å². The van der Waals surface area contributed by atoms with Gasteiger partial charge in [0.1, 0.15) is 0 Å². The van der Waals surface area contributed by atoms with Crippen molar-refractivity contribution in [1.29, 1.82) is 0 Å². The van der Waals surface area contributed by atoms with Crippen LogP contribution in [0.25, 0.3) is 16.8 Å². The van der Waals surface area contributed by atoms with Crippen LogP contribution >= 0.6 is 0 Å². The van der Waals surface area contributed by atoms with E-state index in [0.717, 1.165) is 13.1 Å². The summed E-state index contributed by atoms with van der Waals surface area (Å²) in [6, 6.07) is 15.0. The molecule has 88 valence electrons. The average molecular weight is 225 g/mol. The van der Waals surface area contributed by atoms with E-state index >= 15 is 0 Å². The standard InChI is InChI=1S/C16H19N/c1-3-17-12-13(2)11-15-9-6-8-14-7-4-5-10-16(14)15/h4-11,17H,3,12H2,1-2H3. The predicted octanol–water partition coefficient (Wildman–Crippen LogP) is 3.85. The van der Waals surface area contributed by atoms with Crippen molar-refractivity contribution in [3.05, 3.63) is 53.6 Å². The van der Waals surface area contributed by atoms with Crippen LogP contribution in [0.15, 0.2) is 48.0 Å². The largest absolute Gasteiger partial charge is 0.313 e. The molecule has 0 saturated heterocycles. The smallest absolute Gasteiger partial charge is 0.0165 e. The first-order chi connectivity index (χ1) is 8.31. The molecule has 2 aromatic carbocycles. The molecule has 1 nitrogen and oxygen atoms in total. The minimum absolute atomic E-state index is 0.958. The Hall–Kier alpha value is -1.60. The van der Waals surface area contributed by atoms with Crippen molar-refractivity contribution < 1.29 is 0 Å². The van der Waals surface area contributed by atoms with Crippen LogP contribution < -0.4 is 5.32 Å². The highest BCUT2D eigenvalue weighted by Gasteiger charge is 1.97. The normalized spacial score (nSPS) is 12.0. The van der Waals surface area contributed by atoms with Gasteiger partial charge in [-0.25, -0.2) is 0 Å². The van der Waals surface area contributed by atoms with Gasteiger partial charge in [-0.05, 0) is 29.8 Å². The first kappa shape index (κ1) is 11.9. The van der Waals surface area contributed by atoms with Gasteiger partial charge >= 0.3 is 0 Å². The first-order valence-corrected chi connectivity index (χ1v) is 6.17. The van der Waals surface area contributed by atoms with Crippen molar-refractivity contribution in [2.75, 3.05) is 13.1 Å².